The summed E-state index contributed by atoms with van der Waals surface area (Å²) >= 11 is 3.40. The summed E-state index contributed by atoms with van der Waals surface area (Å²) in [6.45, 7) is 1.99. The molecule has 6 nitrogen and oxygen atoms in total. The van der Waals surface area contributed by atoms with Crippen molar-refractivity contribution in [1.82, 2.24) is 9.97 Å². The lowest BCUT2D eigenvalue weighted by atomic mass is 10.2. The molecule has 1 N–H and O–H groups in total. The fourth-order valence-corrected chi connectivity index (χ4v) is 3.23. The molecule has 0 fully saturated rings. The number of rotatable bonds is 5. The zero-order valence-electron chi connectivity index (χ0n) is 15.1. The molecule has 0 atom stereocenters. The van der Waals surface area contributed by atoms with Crippen LogP contribution in [0.4, 0.5) is 15.9 Å². The summed E-state index contributed by atoms with van der Waals surface area (Å²) in [6, 6.07) is 8.46. The van der Waals surface area contributed by atoms with Crippen LogP contribution in [0.25, 0.3) is 10.9 Å². The largest absolute Gasteiger partial charge is 0.494 e. The van der Waals surface area contributed by atoms with E-state index in [1.165, 1.54) is 25.6 Å². The van der Waals surface area contributed by atoms with E-state index in [1.807, 2.05) is 25.1 Å². The number of anilines is 2. The van der Waals surface area contributed by atoms with Gasteiger partial charge >= 0.3 is 0 Å². The molecule has 0 aliphatic carbocycles. The van der Waals surface area contributed by atoms with Crippen molar-refractivity contribution < 1.29 is 13.9 Å². The number of methoxy groups -OCH3 is 1. The molecule has 8 heteroatoms. The number of carbonyl (C=O) groups excluding carboxylic acids is 1. The third kappa shape index (κ3) is 4.16. The molecule has 3 rings (SSSR count). The fourth-order valence-electron chi connectivity index (χ4n) is 2.75. The Morgan fingerprint density at radius 3 is 2.78 bits per heavy atom. The van der Waals surface area contributed by atoms with Gasteiger partial charge in [-0.1, -0.05) is 15.9 Å². The summed E-state index contributed by atoms with van der Waals surface area (Å²) < 4.78 is 19.9. The van der Waals surface area contributed by atoms with E-state index in [4.69, 9.17) is 4.74 Å². The van der Waals surface area contributed by atoms with Gasteiger partial charge in [-0.25, -0.2) is 14.4 Å². The minimum absolute atomic E-state index is 0.0707. The van der Waals surface area contributed by atoms with Crippen LogP contribution in [-0.2, 0) is 4.79 Å². The number of carbonyl (C=O) groups is 1. The van der Waals surface area contributed by atoms with E-state index in [-0.39, 0.29) is 18.2 Å². The second-order valence-electron chi connectivity index (χ2n) is 6.06. The molecule has 140 valence electrons. The summed E-state index contributed by atoms with van der Waals surface area (Å²) in [5, 5.41) is 3.49. The Labute approximate surface area is 164 Å². The van der Waals surface area contributed by atoms with Crippen molar-refractivity contribution in [1.29, 1.82) is 0 Å². The highest BCUT2D eigenvalue weighted by molar-refractivity contribution is 9.10. The van der Waals surface area contributed by atoms with E-state index in [2.05, 4.69) is 31.2 Å². The third-order valence-corrected chi connectivity index (χ3v) is 4.59. The molecule has 1 amide bonds. The van der Waals surface area contributed by atoms with Gasteiger partial charge in [0.25, 0.3) is 0 Å². The molecule has 0 bridgehead atoms. The number of halogens is 2. The molecule has 0 radical (unpaired) electrons. The molecule has 27 heavy (non-hydrogen) atoms. The monoisotopic (exact) mass is 432 g/mol. The first kappa shape index (κ1) is 19.0. The first-order valence-electron chi connectivity index (χ1n) is 8.14. The van der Waals surface area contributed by atoms with Crippen LogP contribution >= 0.6 is 15.9 Å². The lowest BCUT2D eigenvalue weighted by Crippen LogP contribution is -2.31. The minimum atomic E-state index is -0.499. The van der Waals surface area contributed by atoms with Crippen LogP contribution in [0.5, 0.6) is 5.75 Å². The summed E-state index contributed by atoms with van der Waals surface area (Å²) in [4.78, 5) is 22.5. The normalized spacial score (nSPS) is 10.7. The number of fused-ring (bicyclic) bond motifs is 1. The van der Waals surface area contributed by atoms with Crippen LogP contribution in [0.2, 0.25) is 0 Å². The molecule has 1 heterocycles. The van der Waals surface area contributed by atoms with Crippen molar-refractivity contribution in [3.8, 4) is 5.75 Å². The quantitative estimate of drug-likeness (QED) is 0.661. The predicted octanol–water partition coefficient (Wildman–Crippen LogP) is 3.92. The number of nitrogens with zero attached hydrogens (tertiary/aromatic N) is 3. The van der Waals surface area contributed by atoms with E-state index in [0.29, 0.717) is 16.7 Å². The van der Waals surface area contributed by atoms with Crippen molar-refractivity contribution in [2.75, 3.05) is 30.9 Å². The molecule has 0 spiro atoms. The van der Waals surface area contributed by atoms with E-state index in [1.54, 1.807) is 11.9 Å². The van der Waals surface area contributed by atoms with Crippen molar-refractivity contribution in [2.45, 2.75) is 6.92 Å². The van der Waals surface area contributed by atoms with Crippen LogP contribution in [0.15, 0.2) is 41.1 Å². The third-order valence-electron chi connectivity index (χ3n) is 4.09. The van der Waals surface area contributed by atoms with Crippen LogP contribution in [0, 0.1) is 12.7 Å². The first-order valence-corrected chi connectivity index (χ1v) is 8.93. The van der Waals surface area contributed by atoms with E-state index in [9.17, 15) is 9.18 Å². The number of ether oxygens (including phenoxy) is 1. The highest BCUT2D eigenvalue weighted by Crippen LogP contribution is 2.28. The van der Waals surface area contributed by atoms with Gasteiger partial charge in [-0.2, -0.15) is 0 Å². The standard InChI is InChI=1S/C19H18BrFN4O2/c1-11-6-12(20)4-5-15(11)24-18(26)9-25(2)19-13-7-17(27-3)14(21)8-16(13)22-10-23-19/h4-8,10H,9H2,1-3H3,(H,24,26). The maximum Gasteiger partial charge on any atom is 0.243 e. The molecule has 1 aromatic heterocycles. The van der Waals surface area contributed by atoms with Gasteiger partial charge in [0.05, 0.1) is 19.2 Å². The highest BCUT2D eigenvalue weighted by atomic mass is 79.9. The number of hydrogen-bond acceptors (Lipinski definition) is 5. The minimum Gasteiger partial charge on any atom is -0.494 e. The summed E-state index contributed by atoms with van der Waals surface area (Å²) in [5.41, 5.74) is 2.13. The predicted molar refractivity (Wildman–Crippen MR) is 107 cm³/mol. The number of amides is 1. The lowest BCUT2D eigenvalue weighted by molar-refractivity contribution is -0.114. The summed E-state index contributed by atoms with van der Waals surface area (Å²) in [6.07, 6.45) is 1.34. The maximum atomic E-state index is 13.9. The fraction of sp³-hybridized carbons (Fsp3) is 0.211. The van der Waals surface area contributed by atoms with Gasteiger partial charge in [0.2, 0.25) is 5.91 Å². The number of hydrogen-bond donors (Lipinski definition) is 1. The van der Waals surface area contributed by atoms with E-state index in [0.717, 1.165) is 15.7 Å². The van der Waals surface area contributed by atoms with Crippen LogP contribution < -0.4 is 15.0 Å². The molecule has 0 aliphatic rings. The first-order chi connectivity index (χ1) is 12.9. The SMILES string of the molecule is COc1cc2c(N(C)CC(=O)Nc3ccc(Br)cc3C)ncnc2cc1F. The van der Waals surface area contributed by atoms with Crippen LogP contribution in [0.1, 0.15) is 5.56 Å². The molecule has 0 unspecified atom stereocenters. The zero-order valence-corrected chi connectivity index (χ0v) is 16.7. The molecule has 3 aromatic rings. The van der Waals surface area contributed by atoms with Crippen LogP contribution in [0.3, 0.4) is 0 Å². The molecule has 0 aliphatic heterocycles. The van der Waals surface area contributed by atoms with E-state index < -0.39 is 5.82 Å². The average molecular weight is 433 g/mol. The topological polar surface area (TPSA) is 67.3 Å². The van der Waals surface area contributed by atoms with Gasteiger partial charge in [-0.15, -0.1) is 0 Å². The number of likely N-dealkylation sites (N-methyl/N-ethyl adjacent to an activating group) is 1. The van der Waals surface area contributed by atoms with E-state index >= 15 is 0 Å². The molecular formula is C19H18BrFN4O2. The smallest absolute Gasteiger partial charge is 0.243 e. The Bertz CT molecular complexity index is 1010. The Balaban J connectivity index is 1.83. The van der Waals surface area contributed by atoms with Gasteiger partial charge in [0, 0.05) is 28.7 Å². The summed E-state index contributed by atoms with van der Waals surface area (Å²) in [5.74, 6) is -0.0765. The lowest BCUT2D eigenvalue weighted by Gasteiger charge is -2.20. The van der Waals surface area contributed by atoms with Gasteiger partial charge in [0.1, 0.15) is 12.1 Å². The number of aromatic nitrogens is 2. The molecule has 0 saturated heterocycles. The van der Waals surface area contributed by atoms with Crippen molar-refractivity contribution in [3.63, 3.8) is 0 Å². The average Bonchev–Trinajstić information content (AvgIpc) is 2.62. The van der Waals surface area contributed by atoms with Crippen LogP contribution in [-0.4, -0.2) is 36.6 Å². The number of nitrogens with one attached hydrogen (secondary N) is 1. The Morgan fingerprint density at radius 2 is 2.07 bits per heavy atom. The highest BCUT2D eigenvalue weighted by Gasteiger charge is 2.15. The Hall–Kier alpha value is -2.74. The zero-order chi connectivity index (χ0) is 19.6. The van der Waals surface area contributed by atoms with Crippen molar-refractivity contribution >= 4 is 44.2 Å². The van der Waals surface area contributed by atoms with Gasteiger partial charge in [-0.05, 0) is 36.8 Å². The maximum absolute atomic E-state index is 13.9. The number of benzene rings is 2. The second-order valence-corrected chi connectivity index (χ2v) is 6.98. The molecular weight excluding hydrogens is 415 g/mol. The van der Waals surface area contributed by atoms with Gasteiger partial charge in [0.15, 0.2) is 11.6 Å². The Morgan fingerprint density at radius 1 is 1.30 bits per heavy atom. The Kier molecular flexibility index (Phi) is 5.55. The van der Waals surface area contributed by atoms with Gasteiger partial charge < -0.3 is 15.0 Å². The van der Waals surface area contributed by atoms with Crippen molar-refractivity contribution in [2.24, 2.45) is 0 Å². The summed E-state index contributed by atoms with van der Waals surface area (Å²) in [7, 11) is 3.14. The van der Waals surface area contributed by atoms with Crippen molar-refractivity contribution in [3.05, 3.63) is 52.5 Å². The molecule has 0 saturated carbocycles. The van der Waals surface area contributed by atoms with Gasteiger partial charge in [-0.3, -0.25) is 4.79 Å². The second kappa shape index (κ2) is 7.87. The number of aryl methyl sites for hydroxylation is 1. The molecule has 2 aromatic carbocycles.